The molecule has 1 aromatic rings. The molecule has 1 saturated heterocycles. The summed E-state index contributed by atoms with van der Waals surface area (Å²) in [5, 5.41) is 2.91. The minimum Gasteiger partial charge on any atom is -0.381 e. The number of carbonyl (C=O) groups is 1. The molecule has 23 heavy (non-hydrogen) atoms. The van der Waals surface area contributed by atoms with Gasteiger partial charge in [-0.05, 0) is 44.2 Å². The Labute approximate surface area is 138 Å². The van der Waals surface area contributed by atoms with Crippen LogP contribution in [0.5, 0.6) is 0 Å². The smallest absolute Gasteiger partial charge is 0.237 e. The topological polar surface area (TPSA) is 80.5 Å². The van der Waals surface area contributed by atoms with Crippen molar-refractivity contribution in [2.75, 3.05) is 31.2 Å². The molecule has 128 valence electrons. The van der Waals surface area contributed by atoms with Gasteiger partial charge in [0.2, 0.25) is 5.91 Å². The normalized spacial score (nSPS) is 16.8. The summed E-state index contributed by atoms with van der Waals surface area (Å²) in [4.78, 5) is 18.8. The number of hydrogen-bond donors (Lipinski definition) is 2. The van der Waals surface area contributed by atoms with Gasteiger partial charge in [-0.3, -0.25) is 4.79 Å². The summed E-state index contributed by atoms with van der Waals surface area (Å²) >= 11 is 0. The lowest BCUT2D eigenvalue weighted by atomic mass is 9.92. The molecule has 1 fully saturated rings. The highest BCUT2D eigenvalue weighted by molar-refractivity contribution is 5.81. The van der Waals surface area contributed by atoms with Gasteiger partial charge >= 0.3 is 0 Å². The largest absolute Gasteiger partial charge is 0.381 e. The summed E-state index contributed by atoms with van der Waals surface area (Å²) in [6.45, 7) is 7.93. The van der Waals surface area contributed by atoms with Crippen LogP contribution in [0.25, 0.3) is 0 Å². The second kappa shape index (κ2) is 8.84. The van der Waals surface area contributed by atoms with Crippen LogP contribution in [0.15, 0.2) is 18.3 Å². The van der Waals surface area contributed by atoms with Crippen molar-refractivity contribution in [2.45, 2.75) is 39.3 Å². The van der Waals surface area contributed by atoms with Crippen LogP contribution in [0.1, 0.15) is 32.3 Å². The first-order valence-corrected chi connectivity index (χ1v) is 8.46. The fourth-order valence-corrected chi connectivity index (χ4v) is 2.85. The van der Waals surface area contributed by atoms with E-state index in [1.807, 2.05) is 18.3 Å². The maximum Gasteiger partial charge on any atom is 0.237 e. The number of nitrogens with two attached hydrogens (primary N) is 1. The molecular weight excluding hydrogens is 292 g/mol. The third-order valence-electron chi connectivity index (χ3n) is 4.44. The first kappa shape index (κ1) is 17.7. The zero-order valence-electron chi connectivity index (χ0n) is 14.1. The van der Waals surface area contributed by atoms with Crippen molar-refractivity contribution in [3.8, 4) is 0 Å². The molecule has 0 aromatic carbocycles. The maximum atomic E-state index is 12.2. The summed E-state index contributed by atoms with van der Waals surface area (Å²) in [5.41, 5.74) is 7.05. The lowest BCUT2D eigenvalue weighted by Crippen LogP contribution is -2.46. The molecule has 1 aliphatic heterocycles. The second-order valence-electron chi connectivity index (χ2n) is 5.89. The van der Waals surface area contributed by atoms with E-state index in [2.05, 4.69) is 29.0 Å². The van der Waals surface area contributed by atoms with Gasteiger partial charge in [-0.1, -0.05) is 6.07 Å². The molecule has 0 saturated carbocycles. The highest BCUT2D eigenvalue weighted by atomic mass is 16.5. The molecule has 3 N–H and O–H groups in total. The highest BCUT2D eigenvalue weighted by Gasteiger charge is 2.26. The molecule has 2 rings (SSSR count). The van der Waals surface area contributed by atoms with E-state index in [1.165, 1.54) is 0 Å². The molecular formula is C17H28N4O2. The molecule has 1 amide bonds. The van der Waals surface area contributed by atoms with E-state index in [0.29, 0.717) is 19.8 Å². The summed E-state index contributed by atoms with van der Waals surface area (Å²) in [6, 6.07) is 3.54. The molecule has 0 radical (unpaired) electrons. The molecule has 6 nitrogen and oxygen atoms in total. The minimum absolute atomic E-state index is 0.0929. The Balaban J connectivity index is 1.83. The van der Waals surface area contributed by atoms with E-state index in [-0.39, 0.29) is 11.8 Å². The summed E-state index contributed by atoms with van der Waals surface area (Å²) < 4.78 is 5.31. The Kier molecular flexibility index (Phi) is 6.80. The monoisotopic (exact) mass is 320 g/mol. The van der Waals surface area contributed by atoms with E-state index >= 15 is 0 Å². The third kappa shape index (κ3) is 4.91. The zero-order chi connectivity index (χ0) is 16.7. The maximum absolute atomic E-state index is 12.2. The fourth-order valence-electron chi connectivity index (χ4n) is 2.85. The van der Waals surface area contributed by atoms with E-state index in [0.717, 1.165) is 37.3 Å². The number of nitrogens with one attached hydrogen (secondary N) is 1. The Morgan fingerprint density at radius 3 is 2.65 bits per heavy atom. The Hall–Kier alpha value is -1.66. The molecule has 1 aliphatic rings. The van der Waals surface area contributed by atoms with Crippen molar-refractivity contribution in [1.29, 1.82) is 0 Å². The molecule has 0 bridgehead atoms. The Morgan fingerprint density at radius 2 is 2.09 bits per heavy atom. The van der Waals surface area contributed by atoms with Crippen LogP contribution in [0.4, 0.5) is 5.82 Å². The van der Waals surface area contributed by atoms with E-state index < -0.39 is 6.04 Å². The summed E-state index contributed by atoms with van der Waals surface area (Å²) in [6.07, 6.45) is 3.53. The third-order valence-corrected chi connectivity index (χ3v) is 4.44. The average molecular weight is 320 g/mol. The number of ether oxygens (including phenoxy) is 1. The van der Waals surface area contributed by atoms with Crippen LogP contribution in [0, 0.1) is 5.92 Å². The van der Waals surface area contributed by atoms with Gasteiger partial charge in [-0.25, -0.2) is 4.98 Å². The van der Waals surface area contributed by atoms with Crippen molar-refractivity contribution < 1.29 is 9.53 Å². The van der Waals surface area contributed by atoms with Crippen LogP contribution in [-0.2, 0) is 16.1 Å². The number of carbonyl (C=O) groups excluding carboxylic acids is 1. The molecule has 0 aliphatic carbocycles. The van der Waals surface area contributed by atoms with Crippen LogP contribution in [0.3, 0.4) is 0 Å². The standard InChI is InChI=1S/C17H28N4O2/c1-3-21(4-2)15-6-5-13(11-19-15)12-20-17(22)16(18)14-7-9-23-10-8-14/h5-6,11,14,16H,3-4,7-10,12,18H2,1-2H3,(H,20,22). The van der Waals surface area contributed by atoms with Gasteiger partial charge in [-0.2, -0.15) is 0 Å². The Bertz CT molecular complexity index is 482. The van der Waals surface area contributed by atoms with Gasteiger partial charge in [0.1, 0.15) is 5.82 Å². The number of amides is 1. The van der Waals surface area contributed by atoms with Crippen LogP contribution < -0.4 is 16.0 Å². The molecule has 1 aromatic heterocycles. The van der Waals surface area contributed by atoms with Crippen molar-refractivity contribution in [3.63, 3.8) is 0 Å². The summed E-state index contributed by atoms with van der Waals surface area (Å²) in [5.74, 6) is 1.08. The van der Waals surface area contributed by atoms with Crippen LogP contribution >= 0.6 is 0 Å². The van der Waals surface area contributed by atoms with Crippen LogP contribution in [0.2, 0.25) is 0 Å². The van der Waals surface area contributed by atoms with Gasteiger partial charge in [0.25, 0.3) is 0 Å². The SMILES string of the molecule is CCN(CC)c1ccc(CNC(=O)C(N)C2CCOCC2)cn1. The zero-order valence-corrected chi connectivity index (χ0v) is 14.1. The Morgan fingerprint density at radius 1 is 1.39 bits per heavy atom. The number of aromatic nitrogens is 1. The fraction of sp³-hybridized carbons (Fsp3) is 0.647. The number of nitrogens with zero attached hydrogens (tertiary/aromatic N) is 2. The molecule has 6 heteroatoms. The lowest BCUT2D eigenvalue weighted by Gasteiger charge is -2.26. The van der Waals surface area contributed by atoms with Crippen LogP contribution in [-0.4, -0.2) is 43.2 Å². The molecule has 2 heterocycles. The first-order valence-electron chi connectivity index (χ1n) is 8.46. The van der Waals surface area contributed by atoms with Gasteiger partial charge in [0, 0.05) is 39.0 Å². The number of anilines is 1. The van der Waals surface area contributed by atoms with Gasteiger partial charge < -0.3 is 20.7 Å². The van der Waals surface area contributed by atoms with Gasteiger partial charge in [-0.15, -0.1) is 0 Å². The van der Waals surface area contributed by atoms with E-state index in [4.69, 9.17) is 10.5 Å². The average Bonchev–Trinajstić information content (AvgIpc) is 2.62. The molecule has 0 spiro atoms. The predicted molar refractivity (Wildman–Crippen MR) is 91.2 cm³/mol. The van der Waals surface area contributed by atoms with Gasteiger partial charge in [0.15, 0.2) is 0 Å². The predicted octanol–water partition coefficient (Wildman–Crippen LogP) is 1.30. The highest BCUT2D eigenvalue weighted by Crippen LogP contribution is 2.17. The van der Waals surface area contributed by atoms with Crippen molar-refractivity contribution in [2.24, 2.45) is 11.7 Å². The van der Waals surface area contributed by atoms with Crippen molar-refractivity contribution in [1.82, 2.24) is 10.3 Å². The molecule has 1 atom stereocenters. The lowest BCUT2D eigenvalue weighted by molar-refractivity contribution is -0.124. The van der Waals surface area contributed by atoms with E-state index in [1.54, 1.807) is 0 Å². The van der Waals surface area contributed by atoms with Crippen molar-refractivity contribution in [3.05, 3.63) is 23.9 Å². The minimum atomic E-state index is -0.457. The number of rotatable bonds is 7. The van der Waals surface area contributed by atoms with E-state index in [9.17, 15) is 4.79 Å². The first-order chi connectivity index (χ1) is 11.2. The summed E-state index contributed by atoms with van der Waals surface area (Å²) in [7, 11) is 0. The van der Waals surface area contributed by atoms with Gasteiger partial charge in [0.05, 0.1) is 6.04 Å². The quantitative estimate of drug-likeness (QED) is 0.791. The second-order valence-corrected chi connectivity index (χ2v) is 5.89. The number of pyridine rings is 1. The van der Waals surface area contributed by atoms with Crippen molar-refractivity contribution >= 4 is 11.7 Å². The number of hydrogen-bond acceptors (Lipinski definition) is 5. The molecule has 1 unspecified atom stereocenters.